The summed E-state index contributed by atoms with van der Waals surface area (Å²) in [5, 5.41) is 0. The van der Waals surface area contributed by atoms with Gasteiger partial charge in [-0.25, -0.2) is 9.18 Å². The summed E-state index contributed by atoms with van der Waals surface area (Å²) in [6.45, 7) is 10.5. The zero-order chi connectivity index (χ0) is 28.4. The number of methoxy groups -OCH3 is 1. The number of benzene rings is 1. The number of hydrogen-bond donors (Lipinski definition) is 0. The van der Waals surface area contributed by atoms with Crippen LogP contribution >= 0.6 is 0 Å². The summed E-state index contributed by atoms with van der Waals surface area (Å²) in [5.74, 6) is 1.01. The van der Waals surface area contributed by atoms with Crippen molar-refractivity contribution in [3.63, 3.8) is 0 Å². The Balaban J connectivity index is 1.39. The fourth-order valence-corrected chi connectivity index (χ4v) is 5.66. The predicted octanol–water partition coefficient (Wildman–Crippen LogP) is 3.72. The van der Waals surface area contributed by atoms with E-state index >= 15 is 0 Å². The summed E-state index contributed by atoms with van der Waals surface area (Å²) in [5.41, 5.74) is 1.78. The Morgan fingerprint density at radius 2 is 1.85 bits per heavy atom. The van der Waals surface area contributed by atoms with Gasteiger partial charge in [0.1, 0.15) is 35.3 Å². The van der Waals surface area contributed by atoms with Crippen LogP contribution in [0.1, 0.15) is 44.9 Å². The first-order valence-corrected chi connectivity index (χ1v) is 14.2. The molecular formula is C29H41FN6O4. The van der Waals surface area contributed by atoms with Crippen molar-refractivity contribution in [1.82, 2.24) is 19.8 Å². The zero-order valence-electron chi connectivity index (χ0n) is 24.3. The molecule has 3 aliphatic rings. The number of amides is 1. The van der Waals surface area contributed by atoms with E-state index in [0.29, 0.717) is 75.8 Å². The van der Waals surface area contributed by atoms with E-state index < -0.39 is 5.60 Å². The van der Waals surface area contributed by atoms with Crippen molar-refractivity contribution in [1.29, 1.82) is 0 Å². The molecule has 218 valence electrons. The summed E-state index contributed by atoms with van der Waals surface area (Å²) in [7, 11) is 3.67. The molecule has 1 amide bonds. The summed E-state index contributed by atoms with van der Waals surface area (Å²) >= 11 is 0. The van der Waals surface area contributed by atoms with Crippen molar-refractivity contribution >= 4 is 17.6 Å². The molecule has 0 bridgehead atoms. The number of ether oxygens (including phenoxy) is 3. The molecule has 11 heteroatoms. The smallest absolute Gasteiger partial charge is 0.410 e. The molecule has 10 nitrogen and oxygen atoms in total. The standard InChI is InChI=1S/C29H41FN6O4/c1-29(2,3)40-28(37)35-16-14-34(15-17-35)26-21-11-13-36(25-22(30)9-6-10-24(25)38-5)18-23(21)31-27(32-26)39-19-20-8-7-12-33(20)4/h6,9-10,20H,7-8,11-19H2,1-5H3/t20-/m0/s1. The summed E-state index contributed by atoms with van der Waals surface area (Å²) < 4.78 is 32.2. The molecule has 40 heavy (non-hydrogen) atoms. The van der Waals surface area contributed by atoms with Crippen molar-refractivity contribution in [2.45, 2.75) is 58.2 Å². The maximum atomic E-state index is 14.9. The topological polar surface area (TPSA) is 83.5 Å². The molecule has 0 aliphatic carbocycles. The zero-order valence-corrected chi connectivity index (χ0v) is 24.3. The van der Waals surface area contributed by atoms with Crippen LogP contribution in [-0.4, -0.2) is 97.5 Å². The van der Waals surface area contributed by atoms with E-state index in [0.717, 1.165) is 36.5 Å². The van der Waals surface area contributed by atoms with Gasteiger partial charge in [0.2, 0.25) is 0 Å². The summed E-state index contributed by atoms with van der Waals surface area (Å²) in [6.07, 6.45) is 2.60. The molecule has 2 aromatic rings. The lowest BCUT2D eigenvalue weighted by molar-refractivity contribution is 0.0240. The Bertz CT molecular complexity index is 1210. The van der Waals surface area contributed by atoms with Gasteiger partial charge in [-0.15, -0.1) is 0 Å². The van der Waals surface area contributed by atoms with E-state index in [1.165, 1.54) is 6.07 Å². The third-order valence-corrected chi connectivity index (χ3v) is 7.82. The number of carbonyl (C=O) groups excluding carboxylic acids is 1. The van der Waals surface area contributed by atoms with Crippen LogP contribution in [0.25, 0.3) is 0 Å². The maximum Gasteiger partial charge on any atom is 0.410 e. The third kappa shape index (κ3) is 6.19. The second kappa shape index (κ2) is 11.6. The maximum absolute atomic E-state index is 14.9. The van der Waals surface area contributed by atoms with Gasteiger partial charge in [0.15, 0.2) is 0 Å². The van der Waals surface area contributed by atoms with Crippen LogP contribution in [0.4, 0.5) is 20.7 Å². The number of carbonyl (C=O) groups is 1. The Morgan fingerprint density at radius 3 is 2.52 bits per heavy atom. The van der Waals surface area contributed by atoms with Gasteiger partial charge in [-0.1, -0.05) is 6.07 Å². The van der Waals surface area contributed by atoms with Crippen LogP contribution in [0.5, 0.6) is 11.8 Å². The van der Waals surface area contributed by atoms with Gasteiger partial charge < -0.3 is 33.8 Å². The van der Waals surface area contributed by atoms with E-state index in [2.05, 4.69) is 16.8 Å². The van der Waals surface area contributed by atoms with E-state index in [1.54, 1.807) is 24.1 Å². The quantitative estimate of drug-likeness (QED) is 0.529. The van der Waals surface area contributed by atoms with Crippen molar-refractivity contribution in [2.24, 2.45) is 0 Å². The number of aromatic nitrogens is 2. The summed E-state index contributed by atoms with van der Waals surface area (Å²) in [6, 6.07) is 5.55. The van der Waals surface area contributed by atoms with Gasteiger partial charge in [0, 0.05) is 44.3 Å². The molecule has 0 spiro atoms. The molecule has 2 saturated heterocycles. The number of fused-ring (bicyclic) bond motifs is 1. The van der Waals surface area contributed by atoms with E-state index in [9.17, 15) is 9.18 Å². The van der Waals surface area contributed by atoms with Gasteiger partial charge in [0.25, 0.3) is 0 Å². The molecule has 0 saturated carbocycles. The lowest BCUT2D eigenvalue weighted by Crippen LogP contribution is -2.50. The molecule has 1 aromatic heterocycles. The van der Waals surface area contributed by atoms with Crippen molar-refractivity contribution in [3.8, 4) is 11.8 Å². The molecule has 0 N–H and O–H groups in total. The fourth-order valence-electron chi connectivity index (χ4n) is 5.66. The van der Waals surface area contributed by atoms with Crippen LogP contribution < -0.4 is 19.3 Å². The normalized spacial score (nSPS) is 19.9. The molecule has 1 aromatic carbocycles. The van der Waals surface area contributed by atoms with Gasteiger partial charge >= 0.3 is 12.1 Å². The van der Waals surface area contributed by atoms with Crippen LogP contribution in [0.3, 0.4) is 0 Å². The SMILES string of the molecule is COc1cccc(F)c1N1CCc2c(nc(OC[C@@H]3CCCN3C)nc2N2CCN(C(=O)OC(C)(C)C)CC2)C1. The van der Waals surface area contributed by atoms with Crippen molar-refractivity contribution in [3.05, 3.63) is 35.3 Å². The molecule has 1 atom stereocenters. The van der Waals surface area contributed by atoms with Crippen LogP contribution in [0.2, 0.25) is 0 Å². The van der Waals surface area contributed by atoms with Gasteiger partial charge in [-0.3, -0.25) is 0 Å². The number of likely N-dealkylation sites (tertiary alicyclic amines) is 1. The van der Waals surface area contributed by atoms with Crippen molar-refractivity contribution < 1.29 is 23.4 Å². The van der Waals surface area contributed by atoms with Crippen LogP contribution in [-0.2, 0) is 17.7 Å². The Labute approximate surface area is 236 Å². The van der Waals surface area contributed by atoms with E-state index in [1.807, 2.05) is 25.7 Å². The average molecular weight is 557 g/mol. The first-order chi connectivity index (χ1) is 19.1. The number of likely N-dealkylation sites (N-methyl/N-ethyl adjacent to an activating group) is 1. The Kier molecular flexibility index (Phi) is 8.21. The highest BCUT2D eigenvalue weighted by atomic mass is 19.1. The lowest BCUT2D eigenvalue weighted by atomic mass is 10.0. The Morgan fingerprint density at radius 1 is 1.07 bits per heavy atom. The first kappa shape index (κ1) is 28.2. The van der Waals surface area contributed by atoms with Gasteiger partial charge in [-0.2, -0.15) is 9.97 Å². The monoisotopic (exact) mass is 556 g/mol. The average Bonchev–Trinajstić information content (AvgIpc) is 3.34. The third-order valence-electron chi connectivity index (χ3n) is 7.82. The number of piperazine rings is 1. The highest BCUT2D eigenvalue weighted by Gasteiger charge is 2.32. The van der Waals surface area contributed by atoms with Gasteiger partial charge in [0.05, 0.1) is 19.3 Å². The minimum Gasteiger partial charge on any atom is -0.494 e. The number of rotatable bonds is 6. The number of anilines is 2. The number of para-hydroxylation sites is 1. The predicted molar refractivity (Wildman–Crippen MR) is 151 cm³/mol. The molecule has 0 unspecified atom stereocenters. The van der Waals surface area contributed by atoms with Crippen LogP contribution in [0, 0.1) is 5.82 Å². The van der Waals surface area contributed by atoms with Gasteiger partial charge in [-0.05, 0) is 65.8 Å². The second-order valence-electron chi connectivity index (χ2n) is 11.8. The molecular weight excluding hydrogens is 515 g/mol. The first-order valence-electron chi connectivity index (χ1n) is 14.2. The minimum absolute atomic E-state index is 0.295. The van der Waals surface area contributed by atoms with Crippen molar-refractivity contribution in [2.75, 3.05) is 69.8 Å². The number of halogens is 1. The number of hydrogen-bond acceptors (Lipinski definition) is 9. The molecule has 3 aliphatic heterocycles. The van der Waals surface area contributed by atoms with E-state index in [-0.39, 0.29) is 11.9 Å². The molecule has 2 fully saturated rings. The highest BCUT2D eigenvalue weighted by molar-refractivity contribution is 5.69. The second-order valence-corrected chi connectivity index (χ2v) is 11.8. The largest absolute Gasteiger partial charge is 0.494 e. The summed E-state index contributed by atoms with van der Waals surface area (Å²) in [4.78, 5) is 30.6. The Hall–Kier alpha value is -3.34. The fraction of sp³-hybridized carbons (Fsp3) is 0.621. The minimum atomic E-state index is -0.535. The molecule has 5 rings (SSSR count). The lowest BCUT2D eigenvalue weighted by Gasteiger charge is -2.38. The van der Waals surface area contributed by atoms with E-state index in [4.69, 9.17) is 24.2 Å². The highest BCUT2D eigenvalue weighted by Crippen LogP contribution is 2.36. The molecule has 4 heterocycles. The number of nitrogens with zero attached hydrogens (tertiary/aromatic N) is 6. The van der Waals surface area contributed by atoms with Crippen LogP contribution in [0.15, 0.2) is 18.2 Å². The molecule has 0 radical (unpaired) electrons.